The third-order valence-electron chi connectivity index (χ3n) is 4.50. The SMILES string of the molecule is COc1ccccc1NS(=O)(=O)c1ccc(NN=Cc2ccccc2OC(C)C)c([N+](=O)[O-])c1. The topological polar surface area (TPSA) is 132 Å². The van der Waals surface area contributed by atoms with Crippen molar-refractivity contribution in [2.24, 2.45) is 5.10 Å². The van der Waals surface area contributed by atoms with E-state index in [1.165, 1.54) is 31.5 Å². The Morgan fingerprint density at radius 2 is 1.68 bits per heavy atom. The maximum absolute atomic E-state index is 12.8. The first kappa shape index (κ1) is 24.5. The van der Waals surface area contributed by atoms with E-state index >= 15 is 0 Å². The highest BCUT2D eigenvalue weighted by atomic mass is 32.2. The van der Waals surface area contributed by atoms with Gasteiger partial charge in [0.25, 0.3) is 15.7 Å². The molecule has 0 aromatic heterocycles. The summed E-state index contributed by atoms with van der Waals surface area (Å²) in [6.45, 7) is 3.79. The molecular formula is C23H24N4O6S. The number of nitro benzene ring substituents is 1. The molecule has 0 saturated heterocycles. The monoisotopic (exact) mass is 484 g/mol. The summed E-state index contributed by atoms with van der Waals surface area (Å²) in [5.74, 6) is 0.927. The van der Waals surface area contributed by atoms with Crippen molar-refractivity contribution in [3.05, 3.63) is 82.4 Å². The normalized spacial score (nSPS) is 11.4. The molecule has 34 heavy (non-hydrogen) atoms. The minimum Gasteiger partial charge on any atom is -0.495 e. The van der Waals surface area contributed by atoms with Gasteiger partial charge in [-0.3, -0.25) is 20.3 Å². The Kier molecular flexibility index (Phi) is 7.69. The van der Waals surface area contributed by atoms with Gasteiger partial charge in [0.05, 0.1) is 34.9 Å². The number of anilines is 2. The summed E-state index contributed by atoms with van der Waals surface area (Å²) in [6, 6.07) is 17.2. The molecule has 2 N–H and O–H groups in total. The molecule has 0 heterocycles. The molecule has 10 nitrogen and oxygen atoms in total. The summed E-state index contributed by atoms with van der Waals surface area (Å²) in [7, 11) is -2.71. The smallest absolute Gasteiger partial charge is 0.295 e. The number of hydrazone groups is 1. The quantitative estimate of drug-likeness (QED) is 0.243. The van der Waals surface area contributed by atoms with Gasteiger partial charge in [0.2, 0.25) is 0 Å². The molecule has 3 aromatic rings. The Labute approximate surface area is 197 Å². The number of hydrogen-bond donors (Lipinski definition) is 2. The molecule has 0 saturated carbocycles. The lowest BCUT2D eigenvalue weighted by molar-refractivity contribution is -0.384. The van der Waals surface area contributed by atoms with Crippen LogP contribution in [0.15, 0.2) is 76.7 Å². The van der Waals surface area contributed by atoms with Crippen LogP contribution in [0.25, 0.3) is 0 Å². The molecule has 0 amide bonds. The highest BCUT2D eigenvalue weighted by Gasteiger charge is 2.22. The number of nitrogens with zero attached hydrogens (tertiary/aromatic N) is 2. The molecule has 3 aromatic carbocycles. The van der Waals surface area contributed by atoms with Crippen molar-refractivity contribution in [2.75, 3.05) is 17.3 Å². The fraction of sp³-hybridized carbons (Fsp3) is 0.174. The summed E-state index contributed by atoms with van der Waals surface area (Å²) in [4.78, 5) is 10.7. The van der Waals surface area contributed by atoms with Crippen molar-refractivity contribution in [1.82, 2.24) is 0 Å². The van der Waals surface area contributed by atoms with Crippen molar-refractivity contribution < 1.29 is 22.8 Å². The van der Waals surface area contributed by atoms with Gasteiger partial charge < -0.3 is 9.47 Å². The first-order valence-electron chi connectivity index (χ1n) is 10.2. The first-order chi connectivity index (χ1) is 16.2. The van der Waals surface area contributed by atoms with Crippen molar-refractivity contribution in [3.63, 3.8) is 0 Å². The van der Waals surface area contributed by atoms with Gasteiger partial charge in [-0.05, 0) is 50.2 Å². The molecule has 0 spiro atoms. The molecule has 0 radical (unpaired) electrons. The Morgan fingerprint density at radius 3 is 2.35 bits per heavy atom. The van der Waals surface area contributed by atoms with E-state index in [4.69, 9.17) is 9.47 Å². The zero-order valence-corrected chi connectivity index (χ0v) is 19.6. The number of sulfonamides is 1. The molecule has 0 aliphatic rings. The minimum atomic E-state index is -4.12. The van der Waals surface area contributed by atoms with Crippen LogP contribution in [0.5, 0.6) is 11.5 Å². The summed E-state index contributed by atoms with van der Waals surface area (Å²) in [5, 5.41) is 15.7. The highest BCUT2D eigenvalue weighted by Crippen LogP contribution is 2.30. The average Bonchev–Trinajstić information content (AvgIpc) is 2.80. The molecule has 178 valence electrons. The maximum atomic E-state index is 12.8. The maximum Gasteiger partial charge on any atom is 0.295 e. The summed E-state index contributed by atoms with van der Waals surface area (Å²) >= 11 is 0. The zero-order valence-electron chi connectivity index (χ0n) is 18.8. The van der Waals surface area contributed by atoms with Gasteiger partial charge in [0.15, 0.2) is 0 Å². The van der Waals surface area contributed by atoms with Gasteiger partial charge in [-0.2, -0.15) is 5.10 Å². The first-order valence-corrected chi connectivity index (χ1v) is 11.7. The van der Waals surface area contributed by atoms with E-state index in [-0.39, 0.29) is 22.4 Å². The number of hydrogen-bond acceptors (Lipinski definition) is 8. The Morgan fingerprint density at radius 1 is 1.00 bits per heavy atom. The second-order valence-electron chi connectivity index (χ2n) is 7.32. The van der Waals surface area contributed by atoms with Crippen LogP contribution in [0.3, 0.4) is 0 Å². The van der Waals surface area contributed by atoms with Gasteiger partial charge in [-0.1, -0.05) is 24.3 Å². The van der Waals surface area contributed by atoms with Crippen LogP contribution in [-0.2, 0) is 10.0 Å². The lowest BCUT2D eigenvalue weighted by Crippen LogP contribution is -2.14. The molecular weight excluding hydrogens is 460 g/mol. The second-order valence-corrected chi connectivity index (χ2v) is 9.00. The molecule has 0 fully saturated rings. The fourth-order valence-electron chi connectivity index (χ4n) is 2.98. The summed E-state index contributed by atoms with van der Waals surface area (Å²) < 4.78 is 38.9. The molecule has 0 unspecified atom stereocenters. The Bertz CT molecular complexity index is 1310. The van der Waals surface area contributed by atoms with Gasteiger partial charge in [0.1, 0.15) is 17.2 Å². The third-order valence-corrected chi connectivity index (χ3v) is 5.86. The van der Waals surface area contributed by atoms with E-state index in [1.54, 1.807) is 30.3 Å². The standard InChI is InChI=1S/C23H24N4O6S/c1-16(2)33-22-10-6-4-8-17(22)15-24-25-19-13-12-18(14-21(19)27(28)29)34(30,31)26-20-9-5-7-11-23(20)32-3/h4-16,25-26H,1-3H3. The van der Waals surface area contributed by atoms with Gasteiger partial charge in [-0.25, -0.2) is 8.42 Å². The van der Waals surface area contributed by atoms with Crippen molar-refractivity contribution in [1.29, 1.82) is 0 Å². The van der Waals surface area contributed by atoms with Gasteiger partial charge >= 0.3 is 0 Å². The lowest BCUT2D eigenvalue weighted by atomic mass is 10.2. The van der Waals surface area contributed by atoms with Crippen LogP contribution >= 0.6 is 0 Å². The number of rotatable bonds is 10. The number of benzene rings is 3. The number of nitro groups is 1. The van der Waals surface area contributed by atoms with E-state index in [9.17, 15) is 18.5 Å². The van der Waals surface area contributed by atoms with Gasteiger partial charge in [-0.15, -0.1) is 0 Å². The van der Waals surface area contributed by atoms with Crippen LogP contribution in [-0.4, -0.2) is 32.8 Å². The largest absolute Gasteiger partial charge is 0.495 e. The van der Waals surface area contributed by atoms with E-state index < -0.39 is 20.6 Å². The molecule has 11 heteroatoms. The molecule has 3 rings (SSSR count). The average molecular weight is 485 g/mol. The fourth-order valence-corrected chi connectivity index (χ4v) is 4.07. The predicted octanol–water partition coefficient (Wildman–Crippen LogP) is 4.64. The van der Waals surface area contributed by atoms with Crippen LogP contribution in [0.4, 0.5) is 17.1 Å². The number of ether oxygens (including phenoxy) is 2. The van der Waals surface area contributed by atoms with Crippen molar-refractivity contribution >= 4 is 33.3 Å². The number of methoxy groups -OCH3 is 1. The molecule has 0 aliphatic heterocycles. The summed E-state index contributed by atoms with van der Waals surface area (Å²) in [5.41, 5.74) is 3.07. The third kappa shape index (κ3) is 6.01. The molecule has 0 aliphatic carbocycles. The van der Waals surface area contributed by atoms with E-state index in [2.05, 4.69) is 15.2 Å². The van der Waals surface area contributed by atoms with Crippen LogP contribution < -0.4 is 19.6 Å². The summed E-state index contributed by atoms with van der Waals surface area (Å²) in [6.07, 6.45) is 1.43. The van der Waals surface area contributed by atoms with Crippen LogP contribution in [0.2, 0.25) is 0 Å². The lowest BCUT2D eigenvalue weighted by Gasteiger charge is -2.12. The number of nitrogens with one attached hydrogen (secondary N) is 2. The minimum absolute atomic E-state index is 0.0275. The zero-order chi connectivity index (χ0) is 24.7. The molecule has 0 bridgehead atoms. The van der Waals surface area contributed by atoms with Gasteiger partial charge in [0, 0.05) is 11.6 Å². The Hall–Kier alpha value is -4.12. The highest BCUT2D eigenvalue weighted by molar-refractivity contribution is 7.92. The van der Waals surface area contributed by atoms with Crippen molar-refractivity contribution in [3.8, 4) is 11.5 Å². The van der Waals surface area contributed by atoms with Crippen LogP contribution in [0.1, 0.15) is 19.4 Å². The van der Waals surface area contributed by atoms with Crippen molar-refractivity contribution in [2.45, 2.75) is 24.8 Å². The predicted molar refractivity (Wildman–Crippen MR) is 130 cm³/mol. The molecule has 0 atom stereocenters. The van der Waals surface area contributed by atoms with E-state index in [0.717, 1.165) is 6.07 Å². The second kappa shape index (κ2) is 10.7. The van der Waals surface area contributed by atoms with Crippen LogP contribution in [0, 0.1) is 10.1 Å². The van der Waals surface area contributed by atoms with E-state index in [1.807, 2.05) is 26.0 Å². The van der Waals surface area contributed by atoms with E-state index in [0.29, 0.717) is 17.1 Å². The number of para-hydroxylation sites is 3. The Balaban J connectivity index is 1.85.